The summed E-state index contributed by atoms with van der Waals surface area (Å²) in [6.07, 6.45) is 0. The van der Waals surface area contributed by atoms with Crippen LogP contribution in [0.4, 0.5) is 11.4 Å². The van der Waals surface area contributed by atoms with E-state index in [1.54, 1.807) is 18.2 Å². The lowest BCUT2D eigenvalue weighted by atomic mass is 10.1. The minimum absolute atomic E-state index is 0.0694. The molecule has 1 heterocycles. The molecule has 1 fully saturated rings. The zero-order valence-electron chi connectivity index (χ0n) is 10.7. The van der Waals surface area contributed by atoms with Crippen LogP contribution in [-0.2, 0) is 9.84 Å². The lowest BCUT2D eigenvalue weighted by molar-refractivity contribution is 0.100. The number of hydrogen-bond acceptors (Lipinski definition) is 5. The van der Waals surface area contributed by atoms with Crippen LogP contribution in [0, 0.1) is 0 Å². The predicted octanol–water partition coefficient (Wildman–Crippen LogP) is -0.00900. The number of hydrogen-bond donors (Lipinski definition) is 2. The van der Waals surface area contributed by atoms with Gasteiger partial charge in [-0.3, -0.25) is 4.79 Å². The lowest BCUT2D eigenvalue weighted by Crippen LogP contribution is -2.47. The Bertz CT molecular complexity index is 613. The largest absolute Gasteiger partial charge is 0.399 e. The quantitative estimate of drug-likeness (QED) is 0.742. The first-order chi connectivity index (χ1) is 8.80. The summed E-state index contributed by atoms with van der Waals surface area (Å²) in [5, 5.41) is 0. The van der Waals surface area contributed by atoms with Crippen molar-refractivity contribution < 1.29 is 13.2 Å². The molecule has 1 amide bonds. The van der Waals surface area contributed by atoms with Gasteiger partial charge in [0.25, 0.3) is 5.91 Å². The van der Waals surface area contributed by atoms with E-state index in [1.165, 1.54) is 0 Å². The Hall–Kier alpha value is -1.76. The summed E-state index contributed by atoms with van der Waals surface area (Å²) in [6, 6.07) is 4.63. The fourth-order valence-electron chi connectivity index (χ4n) is 2.35. The normalized spacial score (nSPS) is 22.2. The second-order valence-corrected chi connectivity index (χ2v) is 7.03. The van der Waals surface area contributed by atoms with Crippen LogP contribution < -0.4 is 16.4 Å². The molecule has 1 unspecified atom stereocenters. The van der Waals surface area contributed by atoms with Gasteiger partial charge < -0.3 is 16.4 Å². The van der Waals surface area contributed by atoms with Crippen molar-refractivity contribution >= 4 is 27.1 Å². The van der Waals surface area contributed by atoms with Gasteiger partial charge in [0.1, 0.15) is 0 Å². The number of rotatable bonds is 2. The highest BCUT2D eigenvalue weighted by Crippen LogP contribution is 2.27. The van der Waals surface area contributed by atoms with Crippen molar-refractivity contribution in [3.8, 4) is 0 Å². The molecule has 2 rings (SSSR count). The molecule has 0 radical (unpaired) electrons. The lowest BCUT2D eigenvalue weighted by Gasteiger charge is -2.36. The number of amides is 1. The van der Waals surface area contributed by atoms with Crippen molar-refractivity contribution in [2.45, 2.75) is 13.0 Å². The van der Waals surface area contributed by atoms with Crippen LogP contribution >= 0.6 is 0 Å². The Labute approximate surface area is 112 Å². The summed E-state index contributed by atoms with van der Waals surface area (Å²) in [5.74, 6) is -0.403. The number of carbonyl (C=O) groups is 1. The summed E-state index contributed by atoms with van der Waals surface area (Å²) in [4.78, 5) is 13.3. The average Bonchev–Trinajstić information content (AvgIpc) is 2.27. The molecule has 1 aromatic rings. The van der Waals surface area contributed by atoms with Crippen molar-refractivity contribution in [3.63, 3.8) is 0 Å². The van der Waals surface area contributed by atoms with Crippen LogP contribution in [0.5, 0.6) is 0 Å². The molecule has 1 aliphatic heterocycles. The molecule has 0 bridgehead atoms. The SMILES string of the molecule is CC1CS(=O)(=O)CCN1c1cc(N)ccc1C(N)=O. The molecule has 0 aromatic heterocycles. The predicted molar refractivity (Wildman–Crippen MR) is 74.8 cm³/mol. The maximum atomic E-state index is 11.6. The zero-order chi connectivity index (χ0) is 14.2. The molecular weight excluding hydrogens is 266 g/mol. The molecule has 4 N–H and O–H groups in total. The minimum atomic E-state index is -3.01. The standard InChI is InChI=1S/C12H17N3O3S/c1-8-7-19(17,18)5-4-15(8)11-6-9(13)2-3-10(11)12(14)16/h2-3,6,8H,4-5,7,13H2,1H3,(H2,14,16). The van der Waals surface area contributed by atoms with Gasteiger partial charge in [0.05, 0.1) is 22.8 Å². The monoisotopic (exact) mass is 283 g/mol. The molecule has 0 spiro atoms. The van der Waals surface area contributed by atoms with E-state index in [-0.39, 0.29) is 17.5 Å². The molecular formula is C12H17N3O3S. The van der Waals surface area contributed by atoms with Gasteiger partial charge in [-0.1, -0.05) is 0 Å². The third-order valence-electron chi connectivity index (χ3n) is 3.27. The molecule has 0 saturated carbocycles. The molecule has 1 atom stereocenters. The maximum Gasteiger partial charge on any atom is 0.250 e. The van der Waals surface area contributed by atoms with Gasteiger partial charge in [0.15, 0.2) is 9.84 Å². The Balaban J connectivity index is 2.42. The highest BCUT2D eigenvalue weighted by molar-refractivity contribution is 7.91. The number of nitrogens with two attached hydrogens (primary N) is 2. The fraction of sp³-hybridized carbons (Fsp3) is 0.417. The van der Waals surface area contributed by atoms with Crippen LogP contribution in [0.15, 0.2) is 18.2 Å². The Morgan fingerprint density at radius 2 is 2.11 bits per heavy atom. The first-order valence-electron chi connectivity index (χ1n) is 5.96. The topological polar surface area (TPSA) is 106 Å². The van der Waals surface area contributed by atoms with E-state index in [2.05, 4.69) is 0 Å². The van der Waals surface area contributed by atoms with Crippen molar-refractivity contribution in [2.75, 3.05) is 28.7 Å². The van der Waals surface area contributed by atoms with Crippen LogP contribution in [0.2, 0.25) is 0 Å². The van der Waals surface area contributed by atoms with Gasteiger partial charge in [0, 0.05) is 18.3 Å². The highest BCUT2D eigenvalue weighted by Gasteiger charge is 2.30. The van der Waals surface area contributed by atoms with Gasteiger partial charge in [-0.2, -0.15) is 0 Å². The van der Waals surface area contributed by atoms with Gasteiger partial charge in [0.2, 0.25) is 0 Å². The van der Waals surface area contributed by atoms with E-state index in [4.69, 9.17) is 11.5 Å². The molecule has 6 nitrogen and oxygen atoms in total. The van der Waals surface area contributed by atoms with E-state index < -0.39 is 15.7 Å². The Kier molecular flexibility index (Phi) is 3.40. The number of anilines is 2. The number of benzene rings is 1. The van der Waals surface area contributed by atoms with Crippen molar-refractivity contribution in [1.29, 1.82) is 0 Å². The van der Waals surface area contributed by atoms with E-state index in [0.29, 0.717) is 23.5 Å². The summed E-state index contributed by atoms with van der Waals surface area (Å²) in [7, 11) is -3.01. The maximum absolute atomic E-state index is 11.6. The molecule has 1 aromatic carbocycles. The van der Waals surface area contributed by atoms with Gasteiger partial charge >= 0.3 is 0 Å². The van der Waals surface area contributed by atoms with Crippen LogP contribution in [0.1, 0.15) is 17.3 Å². The molecule has 1 saturated heterocycles. The molecule has 1 aliphatic rings. The third kappa shape index (κ3) is 2.81. The molecule has 7 heteroatoms. The van der Waals surface area contributed by atoms with E-state index in [9.17, 15) is 13.2 Å². The van der Waals surface area contributed by atoms with Crippen molar-refractivity contribution in [3.05, 3.63) is 23.8 Å². The number of primary amides is 1. The van der Waals surface area contributed by atoms with Crippen LogP contribution in [0.3, 0.4) is 0 Å². The van der Waals surface area contributed by atoms with Gasteiger partial charge in [-0.15, -0.1) is 0 Å². The number of nitrogens with zero attached hydrogens (tertiary/aromatic N) is 1. The average molecular weight is 283 g/mol. The Morgan fingerprint density at radius 3 is 2.68 bits per heavy atom. The summed E-state index contributed by atoms with van der Waals surface area (Å²) >= 11 is 0. The second kappa shape index (κ2) is 4.73. The van der Waals surface area contributed by atoms with Crippen LogP contribution in [0.25, 0.3) is 0 Å². The Morgan fingerprint density at radius 1 is 1.42 bits per heavy atom. The van der Waals surface area contributed by atoms with E-state index in [1.807, 2.05) is 11.8 Å². The summed E-state index contributed by atoms with van der Waals surface area (Å²) in [5.41, 5.74) is 12.6. The number of sulfone groups is 1. The van der Waals surface area contributed by atoms with Crippen molar-refractivity contribution in [2.24, 2.45) is 5.73 Å². The molecule has 104 valence electrons. The molecule has 19 heavy (non-hydrogen) atoms. The second-order valence-electron chi connectivity index (χ2n) is 4.80. The first kappa shape index (κ1) is 13.7. The summed E-state index contributed by atoms with van der Waals surface area (Å²) < 4.78 is 23.2. The third-order valence-corrected chi connectivity index (χ3v) is 5.06. The van der Waals surface area contributed by atoms with E-state index >= 15 is 0 Å². The number of nitrogen functional groups attached to an aromatic ring is 1. The first-order valence-corrected chi connectivity index (χ1v) is 7.79. The van der Waals surface area contributed by atoms with Crippen LogP contribution in [-0.4, -0.2) is 38.4 Å². The van der Waals surface area contributed by atoms with Gasteiger partial charge in [-0.05, 0) is 25.1 Å². The van der Waals surface area contributed by atoms with E-state index in [0.717, 1.165) is 0 Å². The highest BCUT2D eigenvalue weighted by atomic mass is 32.2. The van der Waals surface area contributed by atoms with Crippen molar-refractivity contribution in [1.82, 2.24) is 0 Å². The van der Waals surface area contributed by atoms with Gasteiger partial charge in [-0.25, -0.2) is 8.42 Å². The molecule has 0 aliphatic carbocycles. The fourth-order valence-corrected chi connectivity index (χ4v) is 3.91. The number of carbonyl (C=O) groups excluding carboxylic acids is 1. The summed E-state index contributed by atoms with van der Waals surface area (Å²) in [6.45, 7) is 2.15. The smallest absolute Gasteiger partial charge is 0.250 e. The minimum Gasteiger partial charge on any atom is -0.399 e. The zero-order valence-corrected chi connectivity index (χ0v) is 11.5.